The molecule has 1 aromatic heterocycles. The summed E-state index contributed by atoms with van der Waals surface area (Å²) in [6, 6.07) is 1.96. The van der Waals surface area contributed by atoms with Gasteiger partial charge in [-0.1, -0.05) is 6.92 Å². The minimum absolute atomic E-state index is 0.0137. The predicted molar refractivity (Wildman–Crippen MR) is 261 cm³/mol. The number of amides is 2. The summed E-state index contributed by atoms with van der Waals surface area (Å²) in [6.45, 7) is 11.7. The van der Waals surface area contributed by atoms with E-state index in [0.717, 1.165) is 16.2 Å². The molecule has 0 atom stereocenters. The first-order chi connectivity index (χ1) is 35.8. The summed E-state index contributed by atoms with van der Waals surface area (Å²) >= 11 is 1.52. The SMILES string of the molecule is CCCN(OCC)C(=O)C1=Cc2sc(CCC3(O)CN(C(=O)CCOCCOCCOCCOCCOCCOCCOCCOCCOCCOCCC(=O)Oc4c(F)c(F)cc(F)c4F)C3)cc2N=C(N)C1. The number of ether oxygens (including phenoxy) is 11. The van der Waals surface area contributed by atoms with Crippen molar-refractivity contribution in [1.29, 1.82) is 0 Å². The molecular weight excluding hydrogens is 1010 g/mol. The Morgan fingerprint density at radius 3 is 1.58 bits per heavy atom. The molecule has 418 valence electrons. The third kappa shape index (κ3) is 23.8. The zero-order valence-corrected chi connectivity index (χ0v) is 43.2. The van der Waals surface area contributed by atoms with Crippen LogP contribution in [0.3, 0.4) is 0 Å². The summed E-state index contributed by atoms with van der Waals surface area (Å²) in [5.41, 5.74) is 6.43. The van der Waals surface area contributed by atoms with Gasteiger partial charge in [-0.2, -0.15) is 8.78 Å². The van der Waals surface area contributed by atoms with Crippen molar-refractivity contribution in [3.63, 3.8) is 0 Å². The molecule has 1 saturated heterocycles. The molecular formula is C49H72F4N4O16S. The number of thiophene rings is 1. The second-order valence-corrected chi connectivity index (χ2v) is 17.8. The molecule has 2 amide bonds. The Kier molecular flexibility index (Phi) is 30.3. The number of nitrogens with zero attached hydrogens (tertiary/aromatic N) is 3. The molecule has 4 rings (SSSR count). The van der Waals surface area contributed by atoms with Crippen LogP contribution in [0.4, 0.5) is 23.2 Å². The van der Waals surface area contributed by atoms with Gasteiger partial charge in [-0.15, -0.1) is 11.3 Å². The fraction of sp³-hybridized carbons (Fsp3) is 0.673. The molecule has 0 bridgehead atoms. The van der Waals surface area contributed by atoms with E-state index in [1.807, 2.05) is 26.0 Å². The molecule has 0 spiro atoms. The molecule has 0 saturated carbocycles. The fourth-order valence-electron chi connectivity index (χ4n) is 6.96. The summed E-state index contributed by atoms with van der Waals surface area (Å²) < 4.78 is 112. The number of likely N-dealkylation sites (tertiary alicyclic amines) is 1. The number of esters is 1. The van der Waals surface area contributed by atoms with Crippen LogP contribution in [-0.4, -0.2) is 203 Å². The molecule has 20 nitrogen and oxygen atoms in total. The summed E-state index contributed by atoms with van der Waals surface area (Å²) in [5, 5.41) is 12.4. The van der Waals surface area contributed by atoms with Crippen molar-refractivity contribution in [2.24, 2.45) is 10.7 Å². The number of rotatable bonds is 42. The summed E-state index contributed by atoms with van der Waals surface area (Å²) in [4.78, 5) is 51.1. The van der Waals surface area contributed by atoms with Crippen LogP contribution in [0.15, 0.2) is 22.7 Å². The molecule has 1 fully saturated rings. The van der Waals surface area contributed by atoms with Crippen LogP contribution in [0.2, 0.25) is 0 Å². The van der Waals surface area contributed by atoms with Gasteiger partial charge in [-0.05, 0) is 38.3 Å². The number of hydrogen-bond donors (Lipinski definition) is 2. The maximum absolute atomic E-state index is 13.6. The van der Waals surface area contributed by atoms with E-state index in [4.69, 9.17) is 57.9 Å². The van der Waals surface area contributed by atoms with E-state index in [-0.39, 0.29) is 76.8 Å². The zero-order valence-electron chi connectivity index (χ0n) is 42.4. The van der Waals surface area contributed by atoms with Crippen LogP contribution >= 0.6 is 11.3 Å². The molecule has 3 N–H and O–H groups in total. The van der Waals surface area contributed by atoms with Gasteiger partial charge < -0.3 is 67.8 Å². The molecule has 2 aromatic rings. The highest BCUT2D eigenvalue weighted by Gasteiger charge is 2.43. The van der Waals surface area contributed by atoms with Crippen molar-refractivity contribution >= 4 is 46.7 Å². The van der Waals surface area contributed by atoms with Crippen LogP contribution in [0.25, 0.3) is 6.08 Å². The number of aryl methyl sites for hydroxylation is 1. The smallest absolute Gasteiger partial charge is 0.313 e. The number of nitrogens with two attached hydrogens (primary N) is 1. The number of fused-ring (bicyclic) bond motifs is 1. The van der Waals surface area contributed by atoms with E-state index in [1.54, 1.807) is 4.90 Å². The van der Waals surface area contributed by atoms with Gasteiger partial charge in [0.1, 0.15) is 11.4 Å². The molecule has 2 aliphatic rings. The number of hydroxylamine groups is 2. The average molecular weight is 1080 g/mol. The molecule has 2 aliphatic heterocycles. The molecule has 1 aromatic carbocycles. The van der Waals surface area contributed by atoms with E-state index in [9.17, 15) is 37.1 Å². The Morgan fingerprint density at radius 1 is 0.689 bits per heavy atom. The van der Waals surface area contributed by atoms with Gasteiger partial charge in [0.25, 0.3) is 5.91 Å². The van der Waals surface area contributed by atoms with Crippen molar-refractivity contribution in [3.05, 3.63) is 50.7 Å². The number of hydrogen-bond acceptors (Lipinski definition) is 19. The van der Waals surface area contributed by atoms with Gasteiger partial charge in [-0.3, -0.25) is 19.2 Å². The van der Waals surface area contributed by atoms with E-state index in [1.165, 1.54) is 16.4 Å². The third-order valence-electron chi connectivity index (χ3n) is 10.7. The summed E-state index contributed by atoms with van der Waals surface area (Å²) in [5.74, 6) is -9.48. The number of halogens is 4. The molecule has 74 heavy (non-hydrogen) atoms. The normalized spacial score (nSPS) is 14.1. The fourth-order valence-corrected chi connectivity index (χ4v) is 8.02. The van der Waals surface area contributed by atoms with Gasteiger partial charge in [0, 0.05) is 29.5 Å². The lowest BCUT2D eigenvalue weighted by Gasteiger charge is -2.46. The largest absolute Gasteiger partial charge is 0.420 e. The molecule has 0 aliphatic carbocycles. The summed E-state index contributed by atoms with van der Waals surface area (Å²) in [6.07, 6.45) is 3.71. The van der Waals surface area contributed by atoms with Crippen molar-refractivity contribution in [2.75, 3.05) is 158 Å². The monoisotopic (exact) mass is 1080 g/mol. The number of aliphatic imine (C=N–C) groups is 1. The highest BCUT2D eigenvalue weighted by molar-refractivity contribution is 7.13. The zero-order chi connectivity index (χ0) is 53.4. The van der Waals surface area contributed by atoms with Gasteiger partial charge in [0.15, 0.2) is 11.6 Å². The number of carbonyl (C=O) groups is 3. The maximum Gasteiger partial charge on any atom is 0.313 e. The Bertz CT molecular complexity index is 2010. The number of carbonyl (C=O) groups excluding carboxylic acids is 3. The van der Waals surface area contributed by atoms with Crippen molar-refractivity contribution in [1.82, 2.24) is 9.96 Å². The second kappa shape index (κ2) is 35.9. The van der Waals surface area contributed by atoms with Crippen LogP contribution in [0.1, 0.15) is 55.7 Å². The average Bonchev–Trinajstić information content (AvgIpc) is 3.67. The van der Waals surface area contributed by atoms with Crippen LogP contribution in [0.5, 0.6) is 5.75 Å². The van der Waals surface area contributed by atoms with Gasteiger partial charge >= 0.3 is 5.97 Å². The molecule has 0 radical (unpaired) electrons. The second-order valence-electron chi connectivity index (χ2n) is 16.6. The lowest BCUT2D eigenvalue weighted by Crippen LogP contribution is -2.63. The quantitative estimate of drug-likeness (QED) is 0.0236. The standard InChI is InChI=1S/C49H72F4N4O16S/c1-3-9-57(72-4-2)48(60)36-30-41-40(55-42(54)31-36)32-37(74-41)5-8-49(61)34-56(35-49)43(58)6-10-62-12-14-64-16-18-66-20-22-68-24-26-70-28-29-71-27-25-69-23-21-67-19-17-65-15-13-63-11-7-44(59)73-47-45(52)38(50)33-39(51)46(47)53/h30,32-33,61H,3-29,31,34-35H2,1-2H3,(H2,54,55). The Hall–Kier alpha value is -4.22. The highest BCUT2D eigenvalue weighted by atomic mass is 32.1. The van der Waals surface area contributed by atoms with E-state index >= 15 is 0 Å². The third-order valence-corrected chi connectivity index (χ3v) is 11.8. The Morgan fingerprint density at radius 2 is 1.14 bits per heavy atom. The minimum atomic E-state index is -1.80. The van der Waals surface area contributed by atoms with Crippen LogP contribution in [-0.2, 0) is 73.0 Å². The van der Waals surface area contributed by atoms with E-state index < -0.39 is 47.0 Å². The lowest BCUT2D eigenvalue weighted by atomic mass is 9.88. The molecule has 3 heterocycles. The van der Waals surface area contributed by atoms with E-state index in [2.05, 4.69) is 9.73 Å². The lowest BCUT2D eigenvalue weighted by molar-refractivity contribution is -0.180. The number of aliphatic hydroxyl groups is 1. The highest BCUT2D eigenvalue weighted by Crippen LogP contribution is 2.37. The number of amidine groups is 1. The Labute approximate surface area is 433 Å². The topological polar surface area (TPSA) is 227 Å². The van der Waals surface area contributed by atoms with E-state index in [0.29, 0.717) is 142 Å². The number of β-amino-alcohol motifs (C(OH)–C–C–N with tert-alkyl or cyclic N) is 1. The first kappa shape index (κ1) is 62.3. The van der Waals surface area contributed by atoms with Gasteiger partial charge in [0.05, 0.1) is 175 Å². The van der Waals surface area contributed by atoms with Crippen molar-refractivity contribution in [2.45, 2.75) is 58.0 Å². The predicted octanol–water partition coefficient (Wildman–Crippen LogP) is 4.33. The summed E-state index contributed by atoms with van der Waals surface area (Å²) in [7, 11) is 0. The molecule has 0 unspecified atom stereocenters. The number of benzene rings is 1. The van der Waals surface area contributed by atoms with Crippen molar-refractivity contribution in [3.8, 4) is 5.75 Å². The minimum Gasteiger partial charge on any atom is -0.420 e. The van der Waals surface area contributed by atoms with Crippen LogP contribution in [0, 0.1) is 23.3 Å². The maximum atomic E-state index is 13.6. The van der Waals surface area contributed by atoms with Crippen LogP contribution < -0.4 is 10.5 Å². The van der Waals surface area contributed by atoms with Crippen molar-refractivity contribution < 1.29 is 94.0 Å². The molecule has 25 heteroatoms. The van der Waals surface area contributed by atoms with Gasteiger partial charge in [0.2, 0.25) is 23.3 Å². The van der Waals surface area contributed by atoms with Gasteiger partial charge in [-0.25, -0.2) is 18.8 Å². The first-order valence-corrected chi connectivity index (χ1v) is 25.6. The Balaban J connectivity index is 0.836. The first-order valence-electron chi connectivity index (χ1n) is 24.8.